The number of nitrogens with one attached hydrogen (secondary N) is 2. The van der Waals surface area contributed by atoms with Crippen molar-refractivity contribution in [2.75, 3.05) is 53.4 Å². The number of benzene rings is 2. The number of hydrogen-bond donors (Lipinski definition) is 2. The lowest BCUT2D eigenvalue weighted by Gasteiger charge is -2.51. The predicted molar refractivity (Wildman–Crippen MR) is 175 cm³/mol. The fraction of sp³-hybridized carbons (Fsp3) is 0.571. The molecule has 0 unspecified atom stereocenters. The highest BCUT2D eigenvalue weighted by Crippen LogP contribution is 2.34. The minimum Gasteiger partial charge on any atom is -0.494 e. The van der Waals surface area contributed by atoms with Crippen LogP contribution in [-0.4, -0.2) is 97.6 Å². The lowest BCUT2D eigenvalue weighted by atomic mass is 9.81. The molecule has 10 heteroatoms. The Morgan fingerprint density at radius 1 is 1.00 bits per heavy atom. The normalized spacial score (nSPS) is 18.2. The summed E-state index contributed by atoms with van der Waals surface area (Å²) in [5.41, 5.74) is 1.36. The number of nitrogens with zero attached hydrogens (tertiary/aromatic N) is 3. The van der Waals surface area contributed by atoms with Gasteiger partial charge >= 0.3 is 6.09 Å². The van der Waals surface area contributed by atoms with Crippen LogP contribution in [0.1, 0.15) is 63.0 Å². The van der Waals surface area contributed by atoms with Gasteiger partial charge in [0, 0.05) is 39.3 Å². The number of unbranched alkanes of at least 4 members (excludes halogenated alkanes) is 1. The van der Waals surface area contributed by atoms with E-state index in [1.807, 2.05) is 47.4 Å². The Morgan fingerprint density at radius 2 is 1.73 bits per heavy atom. The number of hydrogen-bond acceptors (Lipinski definition) is 7. The zero-order chi connectivity index (χ0) is 32.1. The summed E-state index contributed by atoms with van der Waals surface area (Å²) < 4.78 is 11.1. The summed E-state index contributed by atoms with van der Waals surface area (Å²) in [6, 6.07) is 17.3. The standard InChI is InChI=1S/C35H51N5O5/c1-4-21-40-32(41)31(13-8-9-20-36-34(43)45-27-29-11-6-5-7-12-29)37-33(42)35(40)18-23-39(24-19-35)26-28-14-16-30(17-15-28)44-25-10-22-38(2)3/h5-7,11-12,14-17,31H,4,8-10,13,18-27H2,1-3H3,(H,36,43)(H,37,42)/t31-/m0/s1. The second-order valence-electron chi connectivity index (χ2n) is 12.5. The number of ether oxygens (including phenoxy) is 2. The molecule has 2 fully saturated rings. The van der Waals surface area contributed by atoms with Crippen molar-refractivity contribution < 1.29 is 23.9 Å². The molecule has 10 nitrogen and oxygen atoms in total. The SMILES string of the molecule is CCCN1C(=O)[C@H](CCCCNC(=O)OCc2ccccc2)NC(=O)C12CCN(Cc1ccc(OCCCN(C)C)cc1)CC2. The maximum absolute atomic E-state index is 13.7. The third kappa shape index (κ3) is 9.93. The van der Waals surface area contributed by atoms with Crippen molar-refractivity contribution in [3.8, 4) is 5.75 Å². The lowest BCUT2D eigenvalue weighted by molar-refractivity contribution is -0.161. The van der Waals surface area contributed by atoms with Crippen molar-refractivity contribution in [2.24, 2.45) is 0 Å². The summed E-state index contributed by atoms with van der Waals surface area (Å²) in [6.45, 7) is 7.31. The van der Waals surface area contributed by atoms with Crippen LogP contribution in [0.15, 0.2) is 54.6 Å². The number of rotatable bonds is 16. The maximum atomic E-state index is 13.7. The molecule has 2 heterocycles. The molecule has 1 spiro atoms. The van der Waals surface area contributed by atoms with E-state index in [1.54, 1.807) is 0 Å². The highest BCUT2D eigenvalue weighted by Gasteiger charge is 2.53. The molecule has 2 aromatic rings. The van der Waals surface area contributed by atoms with Crippen LogP contribution in [-0.2, 0) is 27.5 Å². The molecule has 45 heavy (non-hydrogen) atoms. The molecule has 0 aliphatic carbocycles. The van der Waals surface area contributed by atoms with Crippen LogP contribution in [0.25, 0.3) is 0 Å². The third-order valence-electron chi connectivity index (χ3n) is 8.69. The highest BCUT2D eigenvalue weighted by atomic mass is 16.5. The van der Waals surface area contributed by atoms with Gasteiger partial charge in [-0.05, 0) is 82.3 Å². The van der Waals surface area contributed by atoms with Gasteiger partial charge in [0.1, 0.15) is 23.9 Å². The van der Waals surface area contributed by atoms with Crippen molar-refractivity contribution in [1.82, 2.24) is 25.3 Å². The minimum absolute atomic E-state index is 0.0151. The average Bonchev–Trinajstić information content (AvgIpc) is 3.04. The summed E-state index contributed by atoms with van der Waals surface area (Å²) in [5, 5.41) is 5.84. The second-order valence-corrected chi connectivity index (χ2v) is 12.5. The zero-order valence-electron chi connectivity index (χ0n) is 27.3. The van der Waals surface area contributed by atoms with E-state index in [4.69, 9.17) is 9.47 Å². The summed E-state index contributed by atoms with van der Waals surface area (Å²) in [7, 11) is 4.12. The molecule has 2 aliphatic rings. The maximum Gasteiger partial charge on any atom is 0.407 e. The first-order chi connectivity index (χ1) is 21.8. The molecular weight excluding hydrogens is 570 g/mol. The molecule has 3 amide bonds. The number of carbonyl (C=O) groups is 3. The van der Waals surface area contributed by atoms with E-state index in [2.05, 4.69) is 53.6 Å². The number of alkyl carbamates (subject to hydrolysis) is 1. The number of likely N-dealkylation sites (tertiary alicyclic amines) is 1. The molecule has 2 aromatic carbocycles. The molecular formula is C35H51N5O5. The number of piperazine rings is 1. The van der Waals surface area contributed by atoms with E-state index in [0.717, 1.165) is 50.3 Å². The molecule has 2 N–H and O–H groups in total. The molecule has 2 saturated heterocycles. The zero-order valence-corrected chi connectivity index (χ0v) is 27.3. The summed E-state index contributed by atoms with van der Waals surface area (Å²) in [4.78, 5) is 45.7. The van der Waals surface area contributed by atoms with Crippen molar-refractivity contribution in [2.45, 2.75) is 76.6 Å². The van der Waals surface area contributed by atoms with Gasteiger partial charge in [0.15, 0.2) is 0 Å². The van der Waals surface area contributed by atoms with Crippen LogP contribution in [0.2, 0.25) is 0 Å². The Hall–Kier alpha value is -3.63. The molecule has 4 rings (SSSR count). The Balaban J connectivity index is 1.20. The van der Waals surface area contributed by atoms with E-state index in [1.165, 1.54) is 5.56 Å². The Bertz CT molecular complexity index is 1210. The third-order valence-corrected chi connectivity index (χ3v) is 8.69. The van der Waals surface area contributed by atoms with E-state index in [-0.39, 0.29) is 18.4 Å². The molecule has 0 bridgehead atoms. The van der Waals surface area contributed by atoms with Crippen molar-refractivity contribution in [3.05, 3.63) is 65.7 Å². The van der Waals surface area contributed by atoms with E-state index < -0.39 is 17.7 Å². The van der Waals surface area contributed by atoms with Crippen LogP contribution >= 0.6 is 0 Å². The number of amides is 3. The predicted octanol–water partition coefficient (Wildman–Crippen LogP) is 4.19. The van der Waals surface area contributed by atoms with Gasteiger partial charge in [-0.25, -0.2) is 4.79 Å². The first-order valence-electron chi connectivity index (χ1n) is 16.5. The second kappa shape index (κ2) is 17.2. The van der Waals surface area contributed by atoms with E-state index in [0.29, 0.717) is 51.8 Å². The number of piperidine rings is 1. The molecule has 0 saturated carbocycles. The fourth-order valence-electron chi connectivity index (χ4n) is 6.16. The first-order valence-corrected chi connectivity index (χ1v) is 16.5. The van der Waals surface area contributed by atoms with E-state index in [9.17, 15) is 14.4 Å². The van der Waals surface area contributed by atoms with Gasteiger partial charge in [0.2, 0.25) is 11.8 Å². The van der Waals surface area contributed by atoms with Gasteiger partial charge in [0.05, 0.1) is 6.61 Å². The van der Waals surface area contributed by atoms with Gasteiger partial charge < -0.3 is 29.9 Å². The van der Waals surface area contributed by atoms with Gasteiger partial charge in [-0.2, -0.15) is 0 Å². The van der Waals surface area contributed by atoms with Crippen LogP contribution in [0.5, 0.6) is 5.75 Å². The van der Waals surface area contributed by atoms with Crippen molar-refractivity contribution in [1.29, 1.82) is 0 Å². The smallest absolute Gasteiger partial charge is 0.407 e. The monoisotopic (exact) mass is 621 g/mol. The van der Waals surface area contributed by atoms with Crippen molar-refractivity contribution in [3.63, 3.8) is 0 Å². The molecule has 2 aliphatic heterocycles. The molecule has 0 radical (unpaired) electrons. The quantitative estimate of drug-likeness (QED) is 0.271. The summed E-state index contributed by atoms with van der Waals surface area (Å²) in [6.07, 6.45) is 4.52. The Kier molecular flexibility index (Phi) is 13.1. The first kappa shape index (κ1) is 34.2. The highest BCUT2D eigenvalue weighted by molar-refractivity contribution is 6.00. The minimum atomic E-state index is -0.783. The summed E-state index contributed by atoms with van der Waals surface area (Å²) in [5.74, 6) is 0.870. The lowest BCUT2D eigenvalue weighted by Crippen LogP contribution is -2.72. The van der Waals surface area contributed by atoms with Gasteiger partial charge in [-0.15, -0.1) is 0 Å². The van der Waals surface area contributed by atoms with Gasteiger partial charge in [-0.1, -0.05) is 49.4 Å². The van der Waals surface area contributed by atoms with Crippen LogP contribution in [0, 0.1) is 0 Å². The van der Waals surface area contributed by atoms with Crippen molar-refractivity contribution >= 4 is 17.9 Å². The summed E-state index contributed by atoms with van der Waals surface area (Å²) >= 11 is 0. The largest absolute Gasteiger partial charge is 0.494 e. The fourth-order valence-corrected chi connectivity index (χ4v) is 6.16. The van der Waals surface area contributed by atoms with Gasteiger partial charge in [-0.3, -0.25) is 14.5 Å². The molecule has 0 aromatic heterocycles. The Morgan fingerprint density at radius 3 is 2.42 bits per heavy atom. The Labute approximate surface area is 268 Å². The van der Waals surface area contributed by atoms with Gasteiger partial charge in [0.25, 0.3) is 0 Å². The van der Waals surface area contributed by atoms with Crippen LogP contribution in [0.4, 0.5) is 4.79 Å². The van der Waals surface area contributed by atoms with Crippen LogP contribution in [0.3, 0.4) is 0 Å². The van der Waals surface area contributed by atoms with E-state index >= 15 is 0 Å². The molecule has 246 valence electrons. The topological polar surface area (TPSA) is 103 Å². The molecule has 1 atom stereocenters. The number of carbonyl (C=O) groups excluding carboxylic acids is 3. The van der Waals surface area contributed by atoms with Crippen LogP contribution < -0.4 is 15.4 Å². The average molecular weight is 622 g/mol.